The van der Waals surface area contributed by atoms with Gasteiger partial charge in [0.2, 0.25) is 0 Å². The van der Waals surface area contributed by atoms with Gasteiger partial charge in [0.1, 0.15) is 11.6 Å². The van der Waals surface area contributed by atoms with E-state index in [9.17, 15) is 14.0 Å². The molecule has 0 atom stereocenters. The van der Waals surface area contributed by atoms with Crippen LogP contribution in [0.1, 0.15) is 35.7 Å². The molecule has 0 saturated heterocycles. The van der Waals surface area contributed by atoms with Gasteiger partial charge in [0.05, 0.1) is 19.4 Å². The van der Waals surface area contributed by atoms with E-state index < -0.39 is 17.6 Å². The van der Waals surface area contributed by atoms with Gasteiger partial charge in [-0.25, -0.2) is 9.82 Å². The van der Waals surface area contributed by atoms with Gasteiger partial charge in [-0.15, -0.1) is 0 Å². The number of hydrazone groups is 1. The van der Waals surface area contributed by atoms with Crippen molar-refractivity contribution in [2.75, 3.05) is 13.2 Å². The van der Waals surface area contributed by atoms with Crippen molar-refractivity contribution in [3.8, 4) is 5.75 Å². The van der Waals surface area contributed by atoms with E-state index in [4.69, 9.17) is 4.74 Å². The van der Waals surface area contributed by atoms with E-state index in [0.29, 0.717) is 6.61 Å². The number of nitrogens with one attached hydrogen (secondary N) is 2. The van der Waals surface area contributed by atoms with Crippen molar-refractivity contribution in [2.45, 2.75) is 19.8 Å². The molecule has 0 bridgehead atoms. The van der Waals surface area contributed by atoms with Crippen molar-refractivity contribution in [3.05, 3.63) is 65.5 Å². The van der Waals surface area contributed by atoms with E-state index in [-0.39, 0.29) is 12.1 Å². The molecular formula is C20H22FN3O3. The summed E-state index contributed by atoms with van der Waals surface area (Å²) in [6.07, 6.45) is 3.58. The minimum Gasteiger partial charge on any atom is -0.494 e. The summed E-state index contributed by atoms with van der Waals surface area (Å²) in [5, 5.41) is 6.28. The summed E-state index contributed by atoms with van der Waals surface area (Å²) in [4.78, 5) is 23.5. The molecule has 0 saturated carbocycles. The molecule has 7 heteroatoms. The number of rotatable bonds is 9. The largest absolute Gasteiger partial charge is 0.494 e. The number of ether oxygens (including phenoxy) is 1. The first kappa shape index (κ1) is 20.1. The molecule has 0 aliphatic carbocycles. The molecule has 0 heterocycles. The average molecular weight is 371 g/mol. The highest BCUT2D eigenvalue weighted by atomic mass is 19.1. The fraction of sp³-hybridized carbons (Fsp3) is 0.250. The molecule has 0 aromatic heterocycles. The van der Waals surface area contributed by atoms with E-state index in [1.807, 2.05) is 24.3 Å². The lowest BCUT2D eigenvalue weighted by molar-refractivity contribution is -0.120. The van der Waals surface area contributed by atoms with Gasteiger partial charge in [-0.3, -0.25) is 9.59 Å². The van der Waals surface area contributed by atoms with Crippen LogP contribution >= 0.6 is 0 Å². The molecule has 0 spiro atoms. The first-order valence-corrected chi connectivity index (χ1v) is 8.67. The predicted octanol–water partition coefficient (Wildman–Crippen LogP) is 2.88. The zero-order valence-electron chi connectivity index (χ0n) is 15.1. The summed E-state index contributed by atoms with van der Waals surface area (Å²) in [7, 11) is 0. The molecule has 2 rings (SSSR count). The maximum Gasteiger partial charge on any atom is 0.259 e. The average Bonchev–Trinajstić information content (AvgIpc) is 2.68. The third-order valence-electron chi connectivity index (χ3n) is 3.57. The Labute approximate surface area is 157 Å². The first-order chi connectivity index (χ1) is 13.1. The Bertz CT molecular complexity index is 774. The van der Waals surface area contributed by atoms with Crippen LogP contribution < -0.4 is 15.5 Å². The Morgan fingerprint density at radius 3 is 2.48 bits per heavy atom. The van der Waals surface area contributed by atoms with E-state index >= 15 is 0 Å². The van der Waals surface area contributed by atoms with Crippen LogP contribution in [0.25, 0.3) is 0 Å². The SMILES string of the molecule is CCCCOc1ccc(/C=N\NC(=O)CNC(=O)c2ccc(F)cc2)cc1. The standard InChI is InChI=1S/C20H22FN3O3/c1-2-3-12-27-18-10-4-15(5-11-18)13-23-24-19(25)14-22-20(26)16-6-8-17(21)9-7-16/h4-11,13H,2-3,12,14H2,1H3,(H,22,26)(H,24,25)/b23-13-. The molecule has 2 amide bonds. The van der Waals surface area contributed by atoms with Gasteiger partial charge in [-0.2, -0.15) is 5.10 Å². The van der Waals surface area contributed by atoms with E-state index in [1.165, 1.54) is 30.5 Å². The second-order valence-electron chi connectivity index (χ2n) is 5.75. The van der Waals surface area contributed by atoms with Gasteiger partial charge in [0.25, 0.3) is 11.8 Å². The highest BCUT2D eigenvalue weighted by Crippen LogP contribution is 2.11. The normalized spacial score (nSPS) is 10.6. The minimum atomic E-state index is -0.471. The molecule has 0 aliphatic heterocycles. The summed E-state index contributed by atoms with van der Waals surface area (Å²) in [6.45, 7) is 2.55. The van der Waals surface area contributed by atoms with Crippen molar-refractivity contribution >= 4 is 18.0 Å². The van der Waals surface area contributed by atoms with Gasteiger partial charge in [-0.1, -0.05) is 13.3 Å². The third-order valence-corrected chi connectivity index (χ3v) is 3.57. The van der Waals surface area contributed by atoms with Crippen LogP contribution in [0, 0.1) is 5.82 Å². The van der Waals surface area contributed by atoms with Crippen LogP contribution in [0.15, 0.2) is 53.6 Å². The molecule has 142 valence electrons. The van der Waals surface area contributed by atoms with Crippen LogP contribution in [0.5, 0.6) is 5.75 Å². The van der Waals surface area contributed by atoms with Crippen molar-refractivity contribution in [1.82, 2.24) is 10.7 Å². The highest BCUT2D eigenvalue weighted by molar-refractivity contribution is 5.96. The maximum absolute atomic E-state index is 12.8. The molecule has 2 aromatic carbocycles. The fourth-order valence-electron chi connectivity index (χ4n) is 2.07. The fourth-order valence-corrected chi connectivity index (χ4v) is 2.07. The molecule has 2 N–H and O–H groups in total. The number of unbranched alkanes of at least 4 members (excludes halogenated alkanes) is 1. The Hall–Kier alpha value is -3.22. The quantitative estimate of drug-likeness (QED) is 0.404. The van der Waals surface area contributed by atoms with Gasteiger partial charge in [0, 0.05) is 5.56 Å². The van der Waals surface area contributed by atoms with Crippen LogP contribution in [-0.2, 0) is 4.79 Å². The number of nitrogens with zero attached hydrogens (tertiary/aromatic N) is 1. The van der Waals surface area contributed by atoms with E-state index in [0.717, 1.165) is 24.2 Å². The Balaban J connectivity index is 1.72. The lowest BCUT2D eigenvalue weighted by atomic mass is 10.2. The Morgan fingerprint density at radius 1 is 1.11 bits per heavy atom. The second-order valence-corrected chi connectivity index (χ2v) is 5.75. The molecule has 0 radical (unpaired) electrons. The second kappa shape index (κ2) is 10.7. The van der Waals surface area contributed by atoms with Gasteiger partial charge < -0.3 is 10.1 Å². The van der Waals surface area contributed by atoms with Crippen LogP contribution in [0.3, 0.4) is 0 Å². The lowest BCUT2D eigenvalue weighted by Gasteiger charge is -2.05. The summed E-state index contributed by atoms with van der Waals surface area (Å²) in [5.41, 5.74) is 3.40. The number of benzene rings is 2. The van der Waals surface area contributed by atoms with Crippen molar-refractivity contribution in [3.63, 3.8) is 0 Å². The lowest BCUT2D eigenvalue weighted by Crippen LogP contribution is -2.34. The van der Waals surface area contributed by atoms with Crippen molar-refractivity contribution in [2.24, 2.45) is 5.10 Å². The van der Waals surface area contributed by atoms with Crippen molar-refractivity contribution < 1.29 is 18.7 Å². The monoisotopic (exact) mass is 371 g/mol. The number of amides is 2. The Kier molecular flexibility index (Phi) is 7.96. The number of carbonyl (C=O) groups excluding carboxylic acids is 2. The van der Waals surface area contributed by atoms with E-state index in [1.54, 1.807) is 0 Å². The van der Waals surface area contributed by atoms with Crippen LogP contribution in [-0.4, -0.2) is 31.2 Å². The number of carbonyl (C=O) groups is 2. The summed E-state index contributed by atoms with van der Waals surface area (Å²) in [6, 6.07) is 12.4. The third kappa shape index (κ3) is 7.27. The van der Waals surface area contributed by atoms with Gasteiger partial charge in [0.15, 0.2) is 0 Å². The maximum atomic E-state index is 12.8. The summed E-state index contributed by atoms with van der Waals surface area (Å²) in [5.74, 6) is -0.582. The zero-order valence-corrected chi connectivity index (χ0v) is 15.1. The number of hydrogen-bond acceptors (Lipinski definition) is 4. The van der Waals surface area contributed by atoms with Crippen LogP contribution in [0.4, 0.5) is 4.39 Å². The minimum absolute atomic E-state index is 0.238. The summed E-state index contributed by atoms with van der Waals surface area (Å²) >= 11 is 0. The number of hydrogen-bond donors (Lipinski definition) is 2. The first-order valence-electron chi connectivity index (χ1n) is 8.67. The molecule has 6 nitrogen and oxygen atoms in total. The van der Waals surface area contributed by atoms with Gasteiger partial charge >= 0.3 is 0 Å². The van der Waals surface area contributed by atoms with Gasteiger partial charge in [-0.05, 0) is 60.5 Å². The highest BCUT2D eigenvalue weighted by Gasteiger charge is 2.07. The van der Waals surface area contributed by atoms with Crippen LogP contribution in [0.2, 0.25) is 0 Å². The number of halogens is 1. The molecule has 0 fully saturated rings. The molecule has 0 unspecified atom stereocenters. The molecule has 2 aromatic rings. The predicted molar refractivity (Wildman–Crippen MR) is 101 cm³/mol. The zero-order chi connectivity index (χ0) is 19.5. The molecule has 0 aliphatic rings. The smallest absolute Gasteiger partial charge is 0.259 e. The Morgan fingerprint density at radius 2 is 1.81 bits per heavy atom. The molecule has 27 heavy (non-hydrogen) atoms. The topological polar surface area (TPSA) is 79.8 Å². The molecular weight excluding hydrogens is 349 g/mol. The van der Waals surface area contributed by atoms with Crippen molar-refractivity contribution in [1.29, 1.82) is 0 Å². The summed E-state index contributed by atoms with van der Waals surface area (Å²) < 4.78 is 18.4. The van der Waals surface area contributed by atoms with E-state index in [2.05, 4.69) is 22.8 Å².